The van der Waals surface area contributed by atoms with Gasteiger partial charge in [0, 0.05) is 43.3 Å². The Morgan fingerprint density at radius 1 is 1.04 bits per heavy atom. The van der Waals surface area contributed by atoms with E-state index in [2.05, 4.69) is 0 Å². The third kappa shape index (κ3) is 3.91. The second-order valence-electron chi connectivity index (χ2n) is 6.05. The molecule has 26 heavy (non-hydrogen) atoms. The molecule has 1 aliphatic rings. The molecule has 1 heterocycles. The number of carbonyl (C=O) groups excluding carboxylic acids is 1. The van der Waals surface area contributed by atoms with Crippen molar-refractivity contribution in [3.63, 3.8) is 0 Å². The molecule has 138 valence electrons. The van der Waals surface area contributed by atoms with E-state index in [0.29, 0.717) is 30.2 Å². The lowest BCUT2D eigenvalue weighted by Gasteiger charge is -2.34. The van der Waals surface area contributed by atoms with Crippen LogP contribution in [0.4, 0.5) is 0 Å². The van der Waals surface area contributed by atoms with Gasteiger partial charge in [0.15, 0.2) is 0 Å². The smallest absolute Gasteiger partial charge is 0.253 e. The molecule has 0 atom stereocenters. The van der Waals surface area contributed by atoms with E-state index in [4.69, 9.17) is 17.3 Å². The molecule has 1 fully saturated rings. The minimum atomic E-state index is -3.61. The average Bonchev–Trinajstić information content (AvgIpc) is 2.67. The Balaban J connectivity index is 1.67. The molecule has 0 aliphatic carbocycles. The zero-order valence-electron chi connectivity index (χ0n) is 14.1. The number of hydrogen-bond donors (Lipinski definition) is 1. The van der Waals surface area contributed by atoms with Gasteiger partial charge in [-0.25, -0.2) is 8.42 Å². The summed E-state index contributed by atoms with van der Waals surface area (Å²) >= 11 is 5.90. The molecule has 1 aliphatic heterocycles. The van der Waals surface area contributed by atoms with Gasteiger partial charge in [-0.05, 0) is 35.9 Å². The number of sulfonamides is 1. The van der Waals surface area contributed by atoms with E-state index >= 15 is 0 Å². The monoisotopic (exact) mass is 393 g/mol. The summed E-state index contributed by atoms with van der Waals surface area (Å²) in [6.45, 7) is 1.62. The molecule has 0 unspecified atom stereocenters. The lowest BCUT2D eigenvalue weighted by molar-refractivity contribution is 0.0698. The first kappa shape index (κ1) is 18.8. The molecular weight excluding hydrogens is 374 g/mol. The summed E-state index contributed by atoms with van der Waals surface area (Å²) in [7, 11) is -3.61. The van der Waals surface area contributed by atoms with Gasteiger partial charge in [0.05, 0.1) is 4.90 Å². The highest BCUT2D eigenvalue weighted by Crippen LogP contribution is 2.21. The number of rotatable bonds is 4. The van der Waals surface area contributed by atoms with Crippen LogP contribution in [0.25, 0.3) is 0 Å². The minimum absolute atomic E-state index is 0.103. The highest BCUT2D eigenvalue weighted by atomic mass is 35.5. The molecule has 2 aromatic rings. The maximum Gasteiger partial charge on any atom is 0.253 e. The summed E-state index contributed by atoms with van der Waals surface area (Å²) in [6.07, 6.45) is 0. The SMILES string of the molecule is NCc1ccc(C(=O)N2CCN(S(=O)(=O)c3cccc(Cl)c3)CC2)cc1. The third-order valence-electron chi connectivity index (χ3n) is 4.40. The van der Waals surface area contributed by atoms with E-state index in [1.807, 2.05) is 12.1 Å². The lowest BCUT2D eigenvalue weighted by Crippen LogP contribution is -2.50. The van der Waals surface area contributed by atoms with Crippen LogP contribution in [0.2, 0.25) is 5.02 Å². The first-order valence-corrected chi connectivity index (χ1v) is 10.1. The maximum absolute atomic E-state index is 12.7. The van der Waals surface area contributed by atoms with Gasteiger partial charge in [-0.3, -0.25) is 4.79 Å². The number of nitrogens with zero attached hydrogens (tertiary/aromatic N) is 2. The van der Waals surface area contributed by atoms with E-state index in [-0.39, 0.29) is 23.9 Å². The number of benzene rings is 2. The fourth-order valence-corrected chi connectivity index (χ4v) is 4.60. The zero-order chi connectivity index (χ0) is 18.7. The Kier molecular flexibility index (Phi) is 5.62. The lowest BCUT2D eigenvalue weighted by atomic mass is 10.1. The quantitative estimate of drug-likeness (QED) is 0.860. The van der Waals surface area contributed by atoms with Gasteiger partial charge in [0.25, 0.3) is 5.91 Å². The highest BCUT2D eigenvalue weighted by molar-refractivity contribution is 7.89. The normalized spacial score (nSPS) is 15.8. The second-order valence-corrected chi connectivity index (χ2v) is 8.43. The van der Waals surface area contributed by atoms with E-state index in [9.17, 15) is 13.2 Å². The maximum atomic E-state index is 12.7. The predicted octanol–water partition coefficient (Wildman–Crippen LogP) is 1.95. The van der Waals surface area contributed by atoms with Crippen molar-refractivity contribution in [2.45, 2.75) is 11.4 Å². The Morgan fingerprint density at radius 2 is 1.69 bits per heavy atom. The van der Waals surface area contributed by atoms with Crippen LogP contribution in [-0.4, -0.2) is 49.7 Å². The molecule has 0 spiro atoms. The molecule has 1 amide bonds. The molecule has 0 radical (unpaired) electrons. The number of carbonyl (C=O) groups is 1. The number of amides is 1. The van der Waals surface area contributed by atoms with E-state index in [1.165, 1.54) is 16.4 Å². The molecule has 6 nitrogen and oxygen atoms in total. The Labute approximate surface area is 158 Å². The van der Waals surface area contributed by atoms with Crippen molar-refractivity contribution in [2.75, 3.05) is 26.2 Å². The number of nitrogens with two attached hydrogens (primary N) is 1. The standard InChI is InChI=1S/C18H20ClN3O3S/c19-16-2-1-3-17(12-16)26(24,25)22-10-8-21(9-11-22)18(23)15-6-4-14(13-20)5-7-15/h1-7,12H,8-11,13,20H2. The van der Waals surface area contributed by atoms with Crippen LogP contribution in [0.15, 0.2) is 53.4 Å². The fraction of sp³-hybridized carbons (Fsp3) is 0.278. The first-order valence-electron chi connectivity index (χ1n) is 8.26. The van der Waals surface area contributed by atoms with Gasteiger partial charge in [-0.2, -0.15) is 4.31 Å². The van der Waals surface area contributed by atoms with Crippen molar-refractivity contribution >= 4 is 27.5 Å². The van der Waals surface area contributed by atoms with Crippen LogP contribution in [0.1, 0.15) is 15.9 Å². The first-order chi connectivity index (χ1) is 12.4. The van der Waals surface area contributed by atoms with Crippen LogP contribution in [0.3, 0.4) is 0 Å². The van der Waals surface area contributed by atoms with Crippen LogP contribution >= 0.6 is 11.6 Å². The number of piperazine rings is 1. The number of hydrogen-bond acceptors (Lipinski definition) is 4. The predicted molar refractivity (Wildman–Crippen MR) is 100 cm³/mol. The summed E-state index contributed by atoms with van der Waals surface area (Å²) in [6, 6.07) is 13.4. The van der Waals surface area contributed by atoms with Crippen LogP contribution < -0.4 is 5.73 Å². The van der Waals surface area contributed by atoms with Gasteiger partial charge >= 0.3 is 0 Å². The molecule has 2 N–H and O–H groups in total. The van der Waals surface area contributed by atoms with Crippen molar-refractivity contribution in [1.29, 1.82) is 0 Å². The topological polar surface area (TPSA) is 83.7 Å². The van der Waals surface area contributed by atoms with Crippen molar-refractivity contribution < 1.29 is 13.2 Å². The molecule has 0 bridgehead atoms. The van der Waals surface area contributed by atoms with Crippen LogP contribution in [0.5, 0.6) is 0 Å². The Bertz CT molecular complexity index is 892. The molecule has 2 aromatic carbocycles. The summed E-state index contributed by atoms with van der Waals surface area (Å²) in [5.74, 6) is -0.103. The van der Waals surface area contributed by atoms with E-state index in [0.717, 1.165) is 5.56 Å². The van der Waals surface area contributed by atoms with Gasteiger partial charge in [-0.1, -0.05) is 29.8 Å². The molecule has 3 rings (SSSR count). The summed E-state index contributed by atoms with van der Waals surface area (Å²) in [5.41, 5.74) is 7.10. The van der Waals surface area contributed by atoms with Gasteiger partial charge < -0.3 is 10.6 Å². The van der Waals surface area contributed by atoms with Crippen molar-refractivity contribution in [3.8, 4) is 0 Å². The summed E-state index contributed by atoms with van der Waals surface area (Å²) < 4.78 is 26.8. The Morgan fingerprint density at radius 3 is 2.27 bits per heavy atom. The minimum Gasteiger partial charge on any atom is -0.336 e. The van der Waals surface area contributed by atoms with E-state index in [1.54, 1.807) is 29.2 Å². The van der Waals surface area contributed by atoms with Gasteiger partial charge in [0.1, 0.15) is 0 Å². The van der Waals surface area contributed by atoms with Gasteiger partial charge in [0.2, 0.25) is 10.0 Å². The van der Waals surface area contributed by atoms with Crippen molar-refractivity contribution in [3.05, 3.63) is 64.7 Å². The second kappa shape index (κ2) is 7.75. The largest absolute Gasteiger partial charge is 0.336 e. The molecule has 0 saturated carbocycles. The number of halogens is 1. The van der Waals surface area contributed by atoms with Crippen LogP contribution in [-0.2, 0) is 16.6 Å². The van der Waals surface area contributed by atoms with E-state index < -0.39 is 10.0 Å². The molecule has 0 aromatic heterocycles. The fourth-order valence-electron chi connectivity index (χ4n) is 2.87. The van der Waals surface area contributed by atoms with Crippen molar-refractivity contribution in [1.82, 2.24) is 9.21 Å². The highest BCUT2D eigenvalue weighted by Gasteiger charge is 2.30. The Hall–Kier alpha value is -1.93. The third-order valence-corrected chi connectivity index (χ3v) is 6.53. The molecule has 8 heteroatoms. The molecule has 1 saturated heterocycles. The van der Waals surface area contributed by atoms with Crippen molar-refractivity contribution in [2.24, 2.45) is 5.73 Å². The van der Waals surface area contributed by atoms with Gasteiger partial charge in [-0.15, -0.1) is 0 Å². The molecular formula is C18H20ClN3O3S. The summed E-state index contributed by atoms with van der Waals surface area (Å²) in [4.78, 5) is 14.4. The summed E-state index contributed by atoms with van der Waals surface area (Å²) in [5, 5.41) is 0.376. The average molecular weight is 394 g/mol. The zero-order valence-corrected chi connectivity index (χ0v) is 15.7. The van der Waals surface area contributed by atoms with Crippen LogP contribution in [0, 0.1) is 0 Å².